The Balaban J connectivity index is 0.00000280. The molecule has 3 rings (SSSR count). The first-order chi connectivity index (χ1) is 12.8. The third-order valence-corrected chi connectivity index (χ3v) is 5.33. The Kier molecular flexibility index (Phi) is 7.03. The summed E-state index contributed by atoms with van der Waals surface area (Å²) in [5.74, 6) is -0.354. The molecule has 0 saturated heterocycles. The first kappa shape index (κ1) is 22.1. The van der Waals surface area contributed by atoms with E-state index >= 15 is 0 Å². The van der Waals surface area contributed by atoms with Gasteiger partial charge in [0.05, 0.1) is 4.88 Å². The van der Waals surface area contributed by atoms with Gasteiger partial charge in [0.2, 0.25) is 0 Å². The topological polar surface area (TPSA) is 54.0 Å². The van der Waals surface area contributed by atoms with E-state index in [4.69, 9.17) is 0 Å². The zero-order valence-electron chi connectivity index (χ0n) is 15.2. The van der Waals surface area contributed by atoms with Gasteiger partial charge in [0.1, 0.15) is 10.5 Å². The summed E-state index contributed by atoms with van der Waals surface area (Å²) in [6, 6.07) is 9.72. The number of nitrogens with one attached hydrogen (secondary N) is 2. The van der Waals surface area contributed by atoms with Gasteiger partial charge in [0.25, 0.3) is 5.91 Å². The van der Waals surface area contributed by atoms with Gasteiger partial charge in [0, 0.05) is 17.6 Å². The number of para-hydroxylation sites is 1. The number of hydrogen-bond donors (Lipinski definition) is 2. The van der Waals surface area contributed by atoms with Gasteiger partial charge in [-0.25, -0.2) is 4.98 Å². The van der Waals surface area contributed by atoms with Crippen LogP contribution in [-0.4, -0.2) is 17.4 Å². The highest BCUT2D eigenvalue weighted by atomic mass is 35.5. The second kappa shape index (κ2) is 8.89. The van der Waals surface area contributed by atoms with Crippen LogP contribution in [0.4, 0.5) is 18.9 Å². The minimum absolute atomic E-state index is 0. The zero-order chi connectivity index (χ0) is 19.6. The molecule has 0 radical (unpaired) electrons. The van der Waals surface area contributed by atoms with Crippen LogP contribution in [-0.2, 0) is 12.7 Å². The summed E-state index contributed by atoms with van der Waals surface area (Å²) in [7, 11) is 0. The summed E-state index contributed by atoms with van der Waals surface area (Å²) in [5.41, 5.74) is 1.27. The van der Waals surface area contributed by atoms with E-state index in [0.717, 1.165) is 29.5 Å². The summed E-state index contributed by atoms with van der Waals surface area (Å²) in [4.78, 5) is 17.0. The van der Waals surface area contributed by atoms with Crippen molar-refractivity contribution < 1.29 is 18.0 Å². The van der Waals surface area contributed by atoms with Crippen molar-refractivity contribution in [1.29, 1.82) is 0 Å². The summed E-state index contributed by atoms with van der Waals surface area (Å²) in [6.45, 7) is 5.11. The average molecular weight is 430 g/mol. The number of carbonyl (C=O) groups is 1. The molecule has 0 atom stereocenters. The van der Waals surface area contributed by atoms with E-state index < -0.39 is 11.9 Å². The van der Waals surface area contributed by atoms with E-state index in [0.29, 0.717) is 28.1 Å². The van der Waals surface area contributed by atoms with Crippen molar-refractivity contribution in [3.63, 3.8) is 0 Å². The molecule has 2 N–H and O–H groups in total. The molecule has 0 aliphatic carbocycles. The van der Waals surface area contributed by atoms with Crippen LogP contribution in [0.3, 0.4) is 0 Å². The number of aromatic nitrogens is 1. The number of anilines is 1. The number of hydrogen-bond acceptors (Lipinski definition) is 4. The van der Waals surface area contributed by atoms with Gasteiger partial charge in [-0.15, -0.1) is 23.7 Å². The first-order valence-corrected chi connectivity index (χ1v) is 9.20. The zero-order valence-corrected chi connectivity index (χ0v) is 16.8. The molecule has 150 valence electrons. The van der Waals surface area contributed by atoms with Gasteiger partial charge in [-0.2, -0.15) is 13.2 Å². The number of fused-ring (bicyclic) bond motifs is 1. The summed E-state index contributed by atoms with van der Waals surface area (Å²) in [5, 5.41) is 6.62. The van der Waals surface area contributed by atoms with Crippen molar-refractivity contribution in [2.45, 2.75) is 26.6 Å². The highest BCUT2D eigenvalue weighted by Gasteiger charge is 2.33. The molecular weight excluding hydrogens is 411 g/mol. The summed E-state index contributed by atoms with van der Waals surface area (Å²) in [6.07, 6.45) is -4.51. The molecular formula is C19H19ClF3N3OS. The standard InChI is InChI=1S/C19H18F3N3OS.ClH/c1-3-23-10-12-6-4-5-7-14(12)24-17(26)16-11(2)13-8-9-15(19(20,21)22)25-18(13)27-16;/h4-9,23H,3,10H2,1-2H3,(H,24,26);1H. The first-order valence-electron chi connectivity index (χ1n) is 8.38. The third kappa shape index (κ3) is 4.63. The lowest BCUT2D eigenvalue weighted by molar-refractivity contribution is -0.140. The maximum atomic E-state index is 12.9. The number of thiophene rings is 1. The Labute approximate surface area is 170 Å². The fourth-order valence-electron chi connectivity index (χ4n) is 2.71. The van der Waals surface area contributed by atoms with Crippen molar-refractivity contribution in [3.8, 4) is 0 Å². The van der Waals surface area contributed by atoms with E-state index in [-0.39, 0.29) is 23.1 Å². The number of carbonyl (C=O) groups excluding carboxylic acids is 1. The molecule has 0 aliphatic heterocycles. The minimum atomic E-state index is -4.51. The molecule has 0 spiro atoms. The minimum Gasteiger partial charge on any atom is -0.321 e. The molecule has 28 heavy (non-hydrogen) atoms. The molecule has 4 nitrogen and oxygen atoms in total. The normalized spacial score (nSPS) is 11.3. The van der Waals surface area contributed by atoms with Gasteiger partial charge in [-0.05, 0) is 42.8 Å². The fraction of sp³-hybridized carbons (Fsp3) is 0.263. The van der Waals surface area contributed by atoms with Gasteiger partial charge in [-0.1, -0.05) is 25.1 Å². The molecule has 2 heterocycles. The Morgan fingerprint density at radius 3 is 2.57 bits per heavy atom. The lowest BCUT2D eigenvalue weighted by Gasteiger charge is -2.11. The van der Waals surface area contributed by atoms with Gasteiger partial charge < -0.3 is 10.6 Å². The third-order valence-electron chi connectivity index (χ3n) is 4.13. The number of amides is 1. The number of benzene rings is 1. The number of rotatable bonds is 5. The Bertz CT molecular complexity index is 988. The van der Waals surface area contributed by atoms with E-state index in [1.807, 2.05) is 25.1 Å². The van der Waals surface area contributed by atoms with Crippen molar-refractivity contribution >= 4 is 45.6 Å². The second-order valence-corrected chi connectivity index (χ2v) is 6.99. The quantitative estimate of drug-likeness (QED) is 0.570. The largest absolute Gasteiger partial charge is 0.433 e. The molecule has 1 aromatic carbocycles. The van der Waals surface area contributed by atoms with Crippen LogP contribution < -0.4 is 10.6 Å². The second-order valence-electron chi connectivity index (χ2n) is 5.99. The van der Waals surface area contributed by atoms with Crippen LogP contribution in [0.15, 0.2) is 36.4 Å². The highest BCUT2D eigenvalue weighted by Crippen LogP contribution is 2.34. The smallest absolute Gasteiger partial charge is 0.321 e. The number of halogens is 4. The molecule has 0 aliphatic rings. The van der Waals surface area contributed by atoms with Crippen LogP contribution in [0.5, 0.6) is 0 Å². The van der Waals surface area contributed by atoms with Crippen molar-refractivity contribution in [2.24, 2.45) is 0 Å². The van der Waals surface area contributed by atoms with E-state index in [1.54, 1.807) is 13.0 Å². The van der Waals surface area contributed by atoms with Gasteiger partial charge >= 0.3 is 6.18 Å². The van der Waals surface area contributed by atoms with Crippen LogP contribution in [0, 0.1) is 6.92 Å². The lowest BCUT2D eigenvalue weighted by Crippen LogP contribution is -2.16. The Morgan fingerprint density at radius 2 is 1.89 bits per heavy atom. The molecule has 2 aromatic heterocycles. The van der Waals surface area contributed by atoms with Crippen LogP contribution >= 0.6 is 23.7 Å². The summed E-state index contributed by atoms with van der Waals surface area (Å²) >= 11 is 0.966. The maximum Gasteiger partial charge on any atom is 0.433 e. The van der Waals surface area contributed by atoms with Gasteiger partial charge in [-0.3, -0.25) is 4.79 Å². The van der Waals surface area contributed by atoms with E-state index in [9.17, 15) is 18.0 Å². The molecule has 0 bridgehead atoms. The average Bonchev–Trinajstić information content (AvgIpc) is 2.96. The predicted molar refractivity (Wildman–Crippen MR) is 108 cm³/mol. The van der Waals surface area contributed by atoms with E-state index in [2.05, 4.69) is 15.6 Å². The van der Waals surface area contributed by atoms with E-state index in [1.165, 1.54) is 6.07 Å². The Morgan fingerprint density at radius 1 is 1.18 bits per heavy atom. The number of nitrogens with zero attached hydrogens (tertiary/aromatic N) is 1. The fourth-order valence-corrected chi connectivity index (χ4v) is 3.78. The highest BCUT2D eigenvalue weighted by molar-refractivity contribution is 7.20. The molecule has 0 unspecified atom stereocenters. The van der Waals surface area contributed by atoms with Crippen molar-refractivity contribution in [1.82, 2.24) is 10.3 Å². The molecule has 0 fully saturated rings. The maximum absolute atomic E-state index is 12.9. The molecule has 0 saturated carbocycles. The summed E-state index contributed by atoms with van der Waals surface area (Å²) < 4.78 is 38.6. The van der Waals surface area contributed by atoms with Gasteiger partial charge in [0.15, 0.2) is 0 Å². The van der Waals surface area contributed by atoms with Crippen LogP contribution in [0.2, 0.25) is 0 Å². The SMILES string of the molecule is CCNCc1ccccc1NC(=O)c1sc2nc(C(F)(F)F)ccc2c1C.Cl. The Hall–Kier alpha value is -2.16. The van der Waals surface area contributed by atoms with Crippen molar-refractivity contribution in [3.05, 3.63) is 58.1 Å². The predicted octanol–water partition coefficient (Wildman–Crippen LogP) is 5.41. The number of aryl methyl sites for hydroxylation is 1. The van der Waals surface area contributed by atoms with Crippen LogP contribution in [0.1, 0.15) is 33.4 Å². The monoisotopic (exact) mass is 429 g/mol. The molecule has 1 amide bonds. The number of alkyl halides is 3. The molecule has 3 aromatic rings. The van der Waals surface area contributed by atoms with Crippen LogP contribution in [0.25, 0.3) is 10.2 Å². The van der Waals surface area contributed by atoms with Crippen molar-refractivity contribution in [2.75, 3.05) is 11.9 Å². The number of pyridine rings is 1. The lowest BCUT2D eigenvalue weighted by atomic mass is 10.1. The molecule has 9 heteroatoms.